The number of benzene rings is 1. The Hall–Kier alpha value is -1.97. The zero-order valence-electron chi connectivity index (χ0n) is 7.72. The predicted octanol–water partition coefficient (Wildman–Crippen LogP) is 1.10. The van der Waals surface area contributed by atoms with Gasteiger partial charge in [0.2, 0.25) is 0 Å². The maximum Gasteiger partial charge on any atom is 0.0949 e. The van der Waals surface area contributed by atoms with E-state index in [0.29, 0.717) is 17.9 Å². The highest BCUT2D eigenvalue weighted by Gasteiger charge is 2.01. The van der Waals surface area contributed by atoms with Crippen LogP contribution in [0.1, 0.15) is 5.56 Å². The number of hydrogen-bond acceptors (Lipinski definition) is 3. The molecule has 14 heavy (non-hydrogen) atoms. The molecule has 0 amide bonds. The van der Waals surface area contributed by atoms with E-state index >= 15 is 0 Å². The first-order chi connectivity index (χ1) is 6.77. The number of hydrogen-bond donors (Lipinski definition) is 2. The minimum absolute atomic E-state index is 0.627. The summed E-state index contributed by atoms with van der Waals surface area (Å²) in [6.45, 7) is 0.705. The van der Waals surface area contributed by atoms with E-state index in [2.05, 4.69) is 4.98 Å². The van der Waals surface area contributed by atoms with Gasteiger partial charge in [0.25, 0.3) is 0 Å². The highest BCUT2D eigenvalue weighted by molar-refractivity contribution is 5.67. The van der Waals surface area contributed by atoms with Gasteiger partial charge >= 0.3 is 0 Å². The molecule has 4 N–H and O–H groups in total. The number of nitrogen functional groups attached to an aromatic ring is 2. The van der Waals surface area contributed by atoms with Crippen molar-refractivity contribution >= 4 is 11.4 Å². The maximum atomic E-state index is 5.84. The fourth-order valence-electron chi connectivity index (χ4n) is 1.35. The summed E-state index contributed by atoms with van der Waals surface area (Å²) in [4.78, 5) is 3.96. The maximum absolute atomic E-state index is 5.84. The smallest absolute Gasteiger partial charge is 0.0949 e. The topological polar surface area (TPSA) is 69.9 Å². The van der Waals surface area contributed by atoms with E-state index in [1.54, 1.807) is 18.6 Å². The third kappa shape index (κ3) is 1.54. The number of para-hydroxylation sites is 1. The minimum atomic E-state index is 0.627. The lowest BCUT2D eigenvalue weighted by molar-refractivity contribution is 0.799. The molecular formula is C10H12N4. The van der Waals surface area contributed by atoms with Gasteiger partial charge < -0.3 is 16.0 Å². The van der Waals surface area contributed by atoms with Crippen LogP contribution in [0.5, 0.6) is 0 Å². The molecule has 1 aromatic heterocycles. The van der Waals surface area contributed by atoms with Gasteiger partial charge in [0.05, 0.1) is 24.2 Å². The number of nitrogens with zero attached hydrogens (tertiary/aromatic N) is 2. The summed E-state index contributed by atoms with van der Waals surface area (Å²) < 4.78 is 1.95. The van der Waals surface area contributed by atoms with Crippen molar-refractivity contribution in [3.63, 3.8) is 0 Å². The van der Waals surface area contributed by atoms with Crippen LogP contribution in [-0.2, 0) is 6.54 Å². The van der Waals surface area contributed by atoms with Crippen LogP contribution in [0.4, 0.5) is 11.4 Å². The van der Waals surface area contributed by atoms with Crippen molar-refractivity contribution in [2.24, 2.45) is 0 Å². The van der Waals surface area contributed by atoms with Crippen molar-refractivity contribution in [1.29, 1.82) is 0 Å². The Bertz CT molecular complexity index is 420. The lowest BCUT2D eigenvalue weighted by Gasteiger charge is -2.08. The SMILES string of the molecule is Nc1cccc(Cn2ccnc2)c1N. The van der Waals surface area contributed by atoms with Crippen molar-refractivity contribution in [2.45, 2.75) is 6.54 Å². The molecule has 0 bridgehead atoms. The van der Waals surface area contributed by atoms with Crippen molar-refractivity contribution in [2.75, 3.05) is 11.5 Å². The minimum Gasteiger partial charge on any atom is -0.397 e. The van der Waals surface area contributed by atoms with E-state index in [4.69, 9.17) is 11.5 Å². The normalized spacial score (nSPS) is 10.3. The van der Waals surface area contributed by atoms with Crippen molar-refractivity contribution < 1.29 is 0 Å². The number of rotatable bonds is 2. The lowest BCUT2D eigenvalue weighted by Crippen LogP contribution is -2.03. The second-order valence-electron chi connectivity index (χ2n) is 3.16. The predicted molar refractivity (Wildman–Crippen MR) is 56.6 cm³/mol. The van der Waals surface area contributed by atoms with Crippen LogP contribution in [0.3, 0.4) is 0 Å². The molecule has 0 fully saturated rings. The molecule has 4 heteroatoms. The third-order valence-electron chi connectivity index (χ3n) is 2.14. The van der Waals surface area contributed by atoms with Gasteiger partial charge in [-0.15, -0.1) is 0 Å². The zero-order chi connectivity index (χ0) is 9.97. The van der Waals surface area contributed by atoms with E-state index in [0.717, 1.165) is 5.56 Å². The lowest BCUT2D eigenvalue weighted by atomic mass is 10.1. The number of imidazole rings is 1. The van der Waals surface area contributed by atoms with E-state index in [1.165, 1.54) is 0 Å². The summed E-state index contributed by atoms with van der Waals surface area (Å²) in [5.41, 5.74) is 13.8. The number of nitrogens with two attached hydrogens (primary N) is 2. The molecule has 0 aliphatic rings. The highest BCUT2D eigenvalue weighted by atomic mass is 15.0. The van der Waals surface area contributed by atoms with Crippen molar-refractivity contribution in [1.82, 2.24) is 9.55 Å². The standard InChI is InChI=1S/C10H12N4/c11-9-3-1-2-8(10(9)12)6-14-5-4-13-7-14/h1-5,7H,6,11-12H2. The molecular weight excluding hydrogens is 176 g/mol. The Labute approximate surface area is 82.2 Å². The summed E-state index contributed by atoms with van der Waals surface area (Å²) in [6, 6.07) is 5.66. The Morgan fingerprint density at radius 3 is 2.86 bits per heavy atom. The Balaban J connectivity index is 2.29. The number of anilines is 2. The second-order valence-corrected chi connectivity index (χ2v) is 3.16. The number of aromatic nitrogens is 2. The van der Waals surface area contributed by atoms with Crippen LogP contribution >= 0.6 is 0 Å². The molecule has 2 rings (SSSR count). The molecule has 0 atom stereocenters. The quantitative estimate of drug-likeness (QED) is 0.693. The molecule has 0 spiro atoms. The van der Waals surface area contributed by atoms with Crippen LogP contribution in [0.2, 0.25) is 0 Å². The monoisotopic (exact) mass is 188 g/mol. The molecule has 72 valence electrons. The van der Waals surface area contributed by atoms with Gasteiger partial charge in [-0.1, -0.05) is 12.1 Å². The summed E-state index contributed by atoms with van der Waals surface area (Å²) in [7, 11) is 0. The first-order valence-corrected chi connectivity index (χ1v) is 4.36. The second kappa shape index (κ2) is 3.41. The van der Waals surface area contributed by atoms with Crippen LogP contribution in [0.25, 0.3) is 0 Å². The van der Waals surface area contributed by atoms with Gasteiger partial charge in [-0.25, -0.2) is 4.98 Å². The fourth-order valence-corrected chi connectivity index (χ4v) is 1.35. The summed E-state index contributed by atoms with van der Waals surface area (Å²) in [5, 5.41) is 0. The van der Waals surface area contributed by atoms with Crippen molar-refractivity contribution in [3.8, 4) is 0 Å². The van der Waals surface area contributed by atoms with Crippen LogP contribution in [0, 0.1) is 0 Å². The average Bonchev–Trinajstić information content (AvgIpc) is 2.66. The average molecular weight is 188 g/mol. The molecule has 0 saturated heterocycles. The van der Waals surface area contributed by atoms with Gasteiger partial charge in [-0.05, 0) is 11.6 Å². The first kappa shape index (κ1) is 8.62. The largest absolute Gasteiger partial charge is 0.397 e. The van der Waals surface area contributed by atoms with Gasteiger partial charge in [-0.2, -0.15) is 0 Å². The van der Waals surface area contributed by atoms with E-state index < -0.39 is 0 Å². The molecule has 4 nitrogen and oxygen atoms in total. The third-order valence-corrected chi connectivity index (χ3v) is 2.14. The molecule has 0 aliphatic carbocycles. The highest BCUT2D eigenvalue weighted by Crippen LogP contribution is 2.19. The molecule has 1 heterocycles. The van der Waals surface area contributed by atoms with Crippen LogP contribution in [-0.4, -0.2) is 9.55 Å². The summed E-state index contributed by atoms with van der Waals surface area (Å²) in [6.07, 6.45) is 5.38. The first-order valence-electron chi connectivity index (χ1n) is 4.36. The Morgan fingerprint density at radius 1 is 1.29 bits per heavy atom. The molecule has 0 radical (unpaired) electrons. The van der Waals surface area contributed by atoms with Gasteiger partial charge in [0.15, 0.2) is 0 Å². The van der Waals surface area contributed by atoms with Crippen LogP contribution < -0.4 is 11.5 Å². The zero-order valence-corrected chi connectivity index (χ0v) is 7.72. The van der Waals surface area contributed by atoms with E-state index in [1.807, 2.05) is 22.9 Å². The molecule has 0 unspecified atom stereocenters. The molecule has 2 aromatic rings. The van der Waals surface area contributed by atoms with Gasteiger partial charge in [-0.3, -0.25) is 0 Å². The van der Waals surface area contributed by atoms with E-state index in [9.17, 15) is 0 Å². The summed E-state index contributed by atoms with van der Waals surface area (Å²) in [5.74, 6) is 0. The van der Waals surface area contributed by atoms with Gasteiger partial charge in [0.1, 0.15) is 0 Å². The van der Waals surface area contributed by atoms with Crippen molar-refractivity contribution in [3.05, 3.63) is 42.5 Å². The Kier molecular flexibility index (Phi) is 2.10. The summed E-state index contributed by atoms with van der Waals surface area (Å²) >= 11 is 0. The molecule has 1 aromatic carbocycles. The Morgan fingerprint density at radius 2 is 2.14 bits per heavy atom. The molecule has 0 saturated carbocycles. The fraction of sp³-hybridized carbons (Fsp3) is 0.100. The molecule has 0 aliphatic heterocycles. The van der Waals surface area contributed by atoms with Gasteiger partial charge in [0, 0.05) is 12.4 Å². The van der Waals surface area contributed by atoms with Crippen LogP contribution in [0.15, 0.2) is 36.9 Å². The van der Waals surface area contributed by atoms with E-state index in [-0.39, 0.29) is 0 Å².